The first kappa shape index (κ1) is 13.7. The van der Waals surface area contributed by atoms with Gasteiger partial charge in [0.1, 0.15) is 17.5 Å². The van der Waals surface area contributed by atoms with Crippen LogP contribution in [0.25, 0.3) is 0 Å². The van der Waals surface area contributed by atoms with Gasteiger partial charge in [-0.15, -0.1) is 5.10 Å². The Labute approximate surface area is 113 Å². The highest BCUT2D eigenvalue weighted by Crippen LogP contribution is 2.21. The van der Waals surface area contributed by atoms with Crippen LogP contribution in [0.15, 0.2) is 12.1 Å². The van der Waals surface area contributed by atoms with Gasteiger partial charge in [-0.25, -0.2) is 4.39 Å². The average Bonchev–Trinajstić information content (AvgIpc) is 2.80. The number of nitriles is 1. The molecule has 0 saturated carbocycles. The van der Waals surface area contributed by atoms with Crippen LogP contribution in [0.3, 0.4) is 0 Å². The quantitative estimate of drug-likeness (QED) is 0.840. The van der Waals surface area contributed by atoms with Crippen molar-refractivity contribution in [2.24, 2.45) is 0 Å². The van der Waals surface area contributed by atoms with E-state index in [4.69, 9.17) is 10.00 Å². The molecule has 20 heavy (non-hydrogen) atoms. The molecule has 2 aromatic rings. The van der Waals surface area contributed by atoms with Gasteiger partial charge in [-0.1, -0.05) is 0 Å². The largest absolute Gasteiger partial charge is 0.474 e. The molecule has 0 fully saturated rings. The Hall–Kier alpha value is -2.69. The van der Waals surface area contributed by atoms with E-state index in [1.54, 1.807) is 0 Å². The predicted molar refractivity (Wildman–Crippen MR) is 66.5 cm³/mol. The first-order chi connectivity index (χ1) is 9.49. The predicted octanol–water partition coefficient (Wildman–Crippen LogP) is 2.49. The van der Waals surface area contributed by atoms with Crippen LogP contribution in [-0.2, 0) is 0 Å². The number of halogens is 2. The number of nitrogens with one attached hydrogen (secondary N) is 2. The van der Waals surface area contributed by atoms with E-state index in [9.17, 15) is 8.78 Å². The summed E-state index contributed by atoms with van der Waals surface area (Å²) in [5, 5.41) is 17.5. The van der Waals surface area contributed by atoms with Gasteiger partial charge < -0.3 is 10.1 Å². The number of anilines is 2. The lowest BCUT2D eigenvalue weighted by atomic mass is 10.3. The monoisotopic (exact) mass is 279 g/mol. The van der Waals surface area contributed by atoms with Gasteiger partial charge in [0.15, 0.2) is 11.6 Å². The van der Waals surface area contributed by atoms with E-state index in [0.717, 1.165) is 6.07 Å². The summed E-state index contributed by atoms with van der Waals surface area (Å²) in [7, 11) is 0. The van der Waals surface area contributed by atoms with Crippen molar-refractivity contribution in [3.05, 3.63) is 29.5 Å². The smallest absolute Gasteiger partial charge is 0.234 e. The number of aromatic amines is 1. The molecule has 104 valence electrons. The summed E-state index contributed by atoms with van der Waals surface area (Å²) in [6, 6.07) is 3.76. The molecule has 0 saturated heterocycles. The van der Waals surface area contributed by atoms with Crippen LogP contribution in [0.4, 0.5) is 20.4 Å². The van der Waals surface area contributed by atoms with Crippen LogP contribution in [0.1, 0.15) is 19.4 Å². The number of hydrogen-bond donors (Lipinski definition) is 2. The fraction of sp³-hybridized carbons (Fsp3) is 0.250. The summed E-state index contributed by atoms with van der Waals surface area (Å²) in [4.78, 5) is 3.35. The lowest BCUT2D eigenvalue weighted by Gasteiger charge is -2.05. The molecule has 0 spiro atoms. The third kappa shape index (κ3) is 3.00. The van der Waals surface area contributed by atoms with E-state index in [1.807, 2.05) is 13.8 Å². The standard InChI is InChI=1S/C12H11F2N5O/c1-6(2)20-10-4-9(18-19-10)16-12-8(13)3-7(5-15)11(14)17-12/h3-4,6H,1-2H3,(H2,16,17,18,19). The number of aromatic nitrogens is 3. The van der Waals surface area contributed by atoms with Gasteiger partial charge in [0, 0.05) is 12.1 Å². The molecule has 6 nitrogen and oxygen atoms in total. The molecule has 0 aliphatic rings. The number of ether oxygens (including phenoxy) is 1. The molecule has 2 aromatic heterocycles. The van der Waals surface area contributed by atoms with Gasteiger partial charge in [0.2, 0.25) is 11.8 Å². The summed E-state index contributed by atoms with van der Waals surface area (Å²) >= 11 is 0. The lowest BCUT2D eigenvalue weighted by molar-refractivity contribution is 0.232. The van der Waals surface area contributed by atoms with Crippen LogP contribution in [0.2, 0.25) is 0 Å². The molecule has 2 N–H and O–H groups in total. The van der Waals surface area contributed by atoms with Gasteiger partial charge in [-0.05, 0) is 13.8 Å². The highest BCUT2D eigenvalue weighted by atomic mass is 19.1. The van der Waals surface area contributed by atoms with Crippen LogP contribution in [0.5, 0.6) is 5.88 Å². The first-order valence-electron chi connectivity index (χ1n) is 5.75. The zero-order valence-electron chi connectivity index (χ0n) is 10.7. The zero-order chi connectivity index (χ0) is 14.7. The van der Waals surface area contributed by atoms with Gasteiger partial charge in [0.25, 0.3) is 0 Å². The topological polar surface area (TPSA) is 86.6 Å². The molecule has 0 aliphatic carbocycles. The third-order valence-corrected chi connectivity index (χ3v) is 2.21. The molecular weight excluding hydrogens is 268 g/mol. The van der Waals surface area contributed by atoms with Gasteiger partial charge in [-0.3, -0.25) is 5.10 Å². The average molecular weight is 279 g/mol. The lowest BCUT2D eigenvalue weighted by Crippen LogP contribution is -2.05. The van der Waals surface area contributed by atoms with Crippen LogP contribution in [-0.4, -0.2) is 21.3 Å². The molecular formula is C12H11F2N5O. The number of rotatable bonds is 4. The Kier molecular flexibility index (Phi) is 3.79. The normalized spacial score (nSPS) is 10.4. The van der Waals surface area contributed by atoms with Crippen molar-refractivity contribution in [3.63, 3.8) is 0 Å². The second-order valence-electron chi connectivity index (χ2n) is 4.18. The summed E-state index contributed by atoms with van der Waals surface area (Å²) in [5.74, 6) is -1.63. The Morgan fingerprint density at radius 3 is 2.80 bits per heavy atom. The maximum atomic E-state index is 13.6. The highest BCUT2D eigenvalue weighted by Gasteiger charge is 2.13. The van der Waals surface area contributed by atoms with Gasteiger partial charge in [-0.2, -0.15) is 14.6 Å². The fourth-order valence-electron chi connectivity index (χ4n) is 1.43. The molecule has 2 heterocycles. The second-order valence-corrected chi connectivity index (χ2v) is 4.18. The Balaban J connectivity index is 2.20. The molecule has 0 aromatic carbocycles. The van der Waals surface area contributed by atoms with Crippen molar-refractivity contribution in [3.8, 4) is 11.9 Å². The van der Waals surface area contributed by atoms with Crippen molar-refractivity contribution in [1.29, 1.82) is 5.26 Å². The molecule has 0 amide bonds. The third-order valence-electron chi connectivity index (χ3n) is 2.21. The molecule has 2 rings (SSSR count). The van der Waals surface area contributed by atoms with Crippen LogP contribution >= 0.6 is 0 Å². The van der Waals surface area contributed by atoms with Crippen molar-refractivity contribution < 1.29 is 13.5 Å². The molecule has 0 radical (unpaired) electrons. The van der Waals surface area contributed by atoms with E-state index in [-0.39, 0.29) is 17.7 Å². The van der Waals surface area contributed by atoms with Crippen molar-refractivity contribution in [2.75, 3.05) is 5.32 Å². The molecule has 8 heteroatoms. The number of nitrogens with zero attached hydrogens (tertiary/aromatic N) is 3. The maximum absolute atomic E-state index is 13.6. The van der Waals surface area contributed by atoms with E-state index >= 15 is 0 Å². The van der Waals surface area contributed by atoms with Gasteiger partial charge in [0.05, 0.1) is 6.10 Å². The summed E-state index contributed by atoms with van der Waals surface area (Å²) in [6.07, 6.45) is -0.0617. The summed E-state index contributed by atoms with van der Waals surface area (Å²) in [5.41, 5.74) is -0.457. The minimum Gasteiger partial charge on any atom is -0.474 e. The van der Waals surface area contributed by atoms with E-state index < -0.39 is 17.3 Å². The van der Waals surface area contributed by atoms with Crippen LogP contribution in [0, 0.1) is 23.1 Å². The fourth-order valence-corrected chi connectivity index (χ4v) is 1.43. The molecule has 0 bridgehead atoms. The van der Waals surface area contributed by atoms with E-state index in [0.29, 0.717) is 5.88 Å². The van der Waals surface area contributed by atoms with Crippen molar-refractivity contribution in [1.82, 2.24) is 15.2 Å². The Bertz CT molecular complexity index is 662. The minimum atomic E-state index is -1.05. The SMILES string of the molecule is CC(C)Oc1cc(Nc2nc(F)c(C#N)cc2F)[nH]n1. The first-order valence-corrected chi connectivity index (χ1v) is 5.75. The van der Waals surface area contributed by atoms with E-state index in [1.165, 1.54) is 12.1 Å². The number of H-pyrrole nitrogens is 1. The van der Waals surface area contributed by atoms with Crippen LogP contribution < -0.4 is 10.1 Å². The summed E-state index contributed by atoms with van der Waals surface area (Å²) in [6.45, 7) is 3.66. The Morgan fingerprint density at radius 1 is 1.40 bits per heavy atom. The highest BCUT2D eigenvalue weighted by molar-refractivity contribution is 5.54. The number of hydrogen-bond acceptors (Lipinski definition) is 5. The van der Waals surface area contributed by atoms with Crippen molar-refractivity contribution >= 4 is 11.6 Å². The Morgan fingerprint density at radius 2 is 2.15 bits per heavy atom. The van der Waals surface area contributed by atoms with Gasteiger partial charge >= 0.3 is 0 Å². The second kappa shape index (κ2) is 5.52. The van der Waals surface area contributed by atoms with Crippen molar-refractivity contribution in [2.45, 2.75) is 20.0 Å². The zero-order valence-corrected chi connectivity index (χ0v) is 10.7. The molecule has 0 atom stereocenters. The number of pyridine rings is 1. The maximum Gasteiger partial charge on any atom is 0.234 e. The minimum absolute atomic E-state index is 0.0617. The summed E-state index contributed by atoms with van der Waals surface area (Å²) < 4.78 is 32.2. The molecule has 0 aliphatic heterocycles. The van der Waals surface area contributed by atoms with E-state index in [2.05, 4.69) is 20.5 Å². The molecule has 0 unspecified atom stereocenters.